The van der Waals surface area contributed by atoms with Crippen LogP contribution in [0.1, 0.15) is 95.0 Å². The molecular formula is C46H52N4O4. The number of phenolic OH excluding ortho intramolecular Hbond substituents is 1. The maximum atomic E-state index is 13.1. The molecule has 280 valence electrons. The fourth-order valence-corrected chi connectivity index (χ4v) is 9.10. The van der Waals surface area contributed by atoms with Crippen LogP contribution in [0.5, 0.6) is 11.5 Å². The summed E-state index contributed by atoms with van der Waals surface area (Å²) in [6.07, 6.45) is 7.95. The van der Waals surface area contributed by atoms with Gasteiger partial charge in [0.15, 0.2) is 0 Å². The Morgan fingerprint density at radius 1 is 0.778 bits per heavy atom. The summed E-state index contributed by atoms with van der Waals surface area (Å²) >= 11 is 0. The molecule has 0 radical (unpaired) electrons. The van der Waals surface area contributed by atoms with Gasteiger partial charge < -0.3 is 25.0 Å². The molecule has 0 bridgehead atoms. The standard InChI is InChI=1S/C46H52N4O4/c1-32-11-22-43(45(52)47-32)50-31-36-29-37(15-20-42(36)46(50)53)49-26-24-48(25-27-49)23-7-2-3-8-28-54-39-17-12-34(13-18-39)44-40(33-9-5-4-6-10-33)19-14-35-30-38(51)16-21-41(35)44/h4-6,9-10,12-13,15-18,20-21,29-30,40,43-44,51H,1-3,7-8,11,14,19,22-28,31H2,(H,47,52)/t40-,43?,44+/m0/s1. The molecule has 1 aliphatic carbocycles. The van der Waals surface area contributed by atoms with Crippen molar-refractivity contribution >= 4 is 17.5 Å². The van der Waals surface area contributed by atoms with Gasteiger partial charge in [-0.3, -0.25) is 14.5 Å². The number of piperazine rings is 1. The van der Waals surface area contributed by atoms with Crippen molar-refractivity contribution in [2.24, 2.45) is 0 Å². The highest BCUT2D eigenvalue weighted by Crippen LogP contribution is 2.47. The number of nitrogens with one attached hydrogen (secondary N) is 1. The Bertz CT molecular complexity index is 1970. The molecule has 4 aromatic carbocycles. The van der Waals surface area contributed by atoms with Gasteiger partial charge >= 0.3 is 0 Å². The number of hydrogen-bond donors (Lipinski definition) is 2. The van der Waals surface area contributed by atoms with E-state index in [0.29, 0.717) is 31.1 Å². The molecule has 3 aliphatic heterocycles. The number of anilines is 1. The third-order valence-corrected chi connectivity index (χ3v) is 12.0. The lowest BCUT2D eigenvalue weighted by Gasteiger charge is -2.36. The molecule has 8 heteroatoms. The molecule has 8 rings (SSSR count). The minimum Gasteiger partial charge on any atom is -0.508 e. The molecule has 8 nitrogen and oxygen atoms in total. The Morgan fingerprint density at radius 2 is 1.57 bits per heavy atom. The molecule has 54 heavy (non-hydrogen) atoms. The second kappa shape index (κ2) is 16.1. The summed E-state index contributed by atoms with van der Waals surface area (Å²) < 4.78 is 6.18. The molecule has 4 aliphatic rings. The van der Waals surface area contributed by atoms with Gasteiger partial charge in [0.1, 0.15) is 17.5 Å². The number of carbonyl (C=O) groups is 2. The number of phenols is 1. The van der Waals surface area contributed by atoms with Gasteiger partial charge in [-0.25, -0.2) is 0 Å². The number of fused-ring (bicyclic) bond motifs is 2. The number of nitrogens with zero attached hydrogens (tertiary/aromatic N) is 3. The van der Waals surface area contributed by atoms with Gasteiger partial charge in [-0.1, -0.05) is 68.0 Å². The molecule has 3 atom stereocenters. The average molecular weight is 725 g/mol. The van der Waals surface area contributed by atoms with Crippen LogP contribution in [-0.4, -0.2) is 72.1 Å². The van der Waals surface area contributed by atoms with E-state index in [4.69, 9.17) is 4.74 Å². The smallest absolute Gasteiger partial charge is 0.255 e. The molecule has 0 aromatic heterocycles. The first-order chi connectivity index (χ1) is 26.4. The van der Waals surface area contributed by atoms with E-state index in [1.165, 1.54) is 35.1 Å². The summed E-state index contributed by atoms with van der Waals surface area (Å²) in [5.41, 5.74) is 8.85. The van der Waals surface area contributed by atoms with E-state index in [1.54, 1.807) is 4.90 Å². The van der Waals surface area contributed by atoms with Gasteiger partial charge in [0.2, 0.25) is 5.91 Å². The van der Waals surface area contributed by atoms with Crippen LogP contribution in [0, 0.1) is 0 Å². The Kier molecular flexibility index (Phi) is 10.7. The SMILES string of the molecule is C=C1CCC(N2Cc3cc(N4CCN(CCCCCCOc5ccc([C@H]6c7ccc(O)cc7CC[C@H]6c6ccccc6)cc5)CC4)ccc3C2=O)C(=O)N1. The first-order valence-corrected chi connectivity index (χ1v) is 19.9. The van der Waals surface area contributed by atoms with Crippen molar-refractivity contribution in [3.05, 3.63) is 137 Å². The van der Waals surface area contributed by atoms with Crippen LogP contribution in [0.25, 0.3) is 0 Å². The molecule has 2 N–H and O–H groups in total. The van der Waals surface area contributed by atoms with Crippen LogP contribution in [0.4, 0.5) is 5.69 Å². The summed E-state index contributed by atoms with van der Waals surface area (Å²) in [5.74, 6) is 1.73. The summed E-state index contributed by atoms with van der Waals surface area (Å²) in [7, 11) is 0. The normalized spacial score (nSPS) is 21.5. The Balaban J connectivity index is 0.752. The zero-order chi connectivity index (χ0) is 37.0. The highest BCUT2D eigenvalue weighted by molar-refractivity contribution is 6.01. The number of allylic oxidation sites excluding steroid dienone is 1. The van der Waals surface area contributed by atoms with Crippen LogP contribution in [-0.2, 0) is 17.8 Å². The predicted molar refractivity (Wildman–Crippen MR) is 213 cm³/mol. The molecule has 4 aromatic rings. The fraction of sp³-hybridized carbons (Fsp3) is 0.391. The minimum atomic E-state index is -0.425. The van der Waals surface area contributed by atoms with Crippen LogP contribution in [0.15, 0.2) is 103 Å². The second-order valence-corrected chi connectivity index (χ2v) is 15.5. The van der Waals surface area contributed by atoms with Gasteiger partial charge in [-0.05, 0) is 121 Å². The first kappa shape index (κ1) is 35.9. The van der Waals surface area contributed by atoms with Crippen LogP contribution in [0.2, 0.25) is 0 Å². The number of unbranched alkanes of at least 4 members (excludes halogenated alkanes) is 3. The van der Waals surface area contributed by atoms with E-state index >= 15 is 0 Å². The number of piperidine rings is 1. The lowest BCUT2D eigenvalue weighted by molar-refractivity contribution is -0.126. The third kappa shape index (κ3) is 7.76. The number of amides is 2. The highest BCUT2D eigenvalue weighted by Gasteiger charge is 2.38. The van der Waals surface area contributed by atoms with Crippen molar-refractivity contribution in [2.75, 3.05) is 44.2 Å². The van der Waals surface area contributed by atoms with Gasteiger partial charge in [-0.15, -0.1) is 0 Å². The number of rotatable bonds is 12. The minimum absolute atomic E-state index is 0.0445. The number of benzene rings is 4. The number of aryl methyl sites for hydroxylation is 1. The van der Waals surface area contributed by atoms with Gasteiger partial charge in [0.25, 0.3) is 5.91 Å². The van der Waals surface area contributed by atoms with E-state index in [0.717, 1.165) is 93.3 Å². The maximum Gasteiger partial charge on any atom is 0.255 e. The summed E-state index contributed by atoms with van der Waals surface area (Å²) in [6.45, 7) is 10.2. The van der Waals surface area contributed by atoms with Gasteiger partial charge in [0, 0.05) is 55.6 Å². The first-order valence-electron chi connectivity index (χ1n) is 19.9. The number of aromatic hydroxyl groups is 1. The summed E-state index contributed by atoms with van der Waals surface area (Å²) in [6, 6.07) is 31.2. The lowest BCUT2D eigenvalue weighted by atomic mass is 9.69. The molecule has 3 heterocycles. The Morgan fingerprint density at radius 3 is 2.37 bits per heavy atom. The second-order valence-electron chi connectivity index (χ2n) is 15.5. The van der Waals surface area contributed by atoms with Crippen LogP contribution in [0.3, 0.4) is 0 Å². The van der Waals surface area contributed by atoms with Crippen molar-refractivity contribution in [3.63, 3.8) is 0 Å². The Hall–Kier alpha value is -5.08. The van der Waals surface area contributed by atoms with Crippen molar-refractivity contribution < 1.29 is 19.4 Å². The van der Waals surface area contributed by atoms with Crippen LogP contribution >= 0.6 is 0 Å². The molecule has 0 saturated carbocycles. The molecule has 2 fully saturated rings. The van der Waals surface area contributed by atoms with Crippen molar-refractivity contribution in [2.45, 2.75) is 75.8 Å². The van der Waals surface area contributed by atoms with E-state index in [1.807, 2.05) is 18.2 Å². The number of hydrogen-bond acceptors (Lipinski definition) is 6. The molecule has 1 unspecified atom stereocenters. The topological polar surface area (TPSA) is 85.4 Å². The largest absolute Gasteiger partial charge is 0.508 e. The van der Waals surface area contributed by atoms with Crippen molar-refractivity contribution in [1.29, 1.82) is 0 Å². The lowest BCUT2D eigenvalue weighted by Crippen LogP contribution is -2.49. The predicted octanol–water partition coefficient (Wildman–Crippen LogP) is 7.76. The fourth-order valence-electron chi connectivity index (χ4n) is 9.10. The molecule has 2 amide bonds. The third-order valence-electron chi connectivity index (χ3n) is 12.0. The molecule has 2 saturated heterocycles. The highest BCUT2D eigenvalue weighted by atomic mass is 16.5. The van der Waals surface area contributed by atoms with Crippen molar-refractivity contribution in [1.82, 2.24) is 15.1 Å². The van der Waals surface area contributed by atoms with E-state index in [9.17, 15) is 14.7 Å². The van der Waals surface area contributed by atoms with E-state index in [2.05, 4.69) is 94.5 Å². The van der Waals surface area contributed by atoms with E-state index < -0.39 is 6.04 Å². The zero-order valence-corrected chi connectivity index (χ0v) is 31.2. The molecular weight excluding hydrogens is 673 g/mol. The summed E-state index contributed by atoms with van der Waals surface area (Å²) in [4.78, 5) is 32.4. The van der Waals surface area contributed by atoms with Gasteiger partial charge in [-0.2, -0.15) is 0 Å². The van der Waals surface area contributed by atoms with Gasteiger partial charge in [0.05, 0.1) is 6.61 Å². The average Bonchev–Trinajstić information content (AvgIpc) is 3.52. The summed E-state index contributed by atoms with van der Waals surface area (Å²) in [5, 5.41) is 13.0. The molecule has 0 spiro atoms. The van der Waals surface area contributed by atoms with Crippen molar-refractivity contribution in [3.8, 4) is 11.5 Å². The number of carbonyl (C=O) groups excluding carboxylic acids is 2. The quantitative estimate of drug-likeness (QED) is 0.145. The zero-order valence-electron chi connectivity index (χ0n) is 31.2. The Labute approximate surface area is 319 Å². The maximum absolute atomic E-state index is 13.1. The monoisotopic (exact) mass is 724 g/mol. The van der Waals surface area contributed by atoms with Crippen LogP contribution < -0.4 is 15.0 Å². The van der Waals surface area contributed by atoms with E-state index in [-0.39, 0.29) is 17.7 Å². The number of ether oxygens (including phenoxy) is 1.